The fourth-order valence-corrected chi connectivity index (χ4v) is 13.6. The van der Waals surface area contributed by atoms with Gasteiger partial charge >= 0.3 is 0 Å². The van der Waals surface area contributed by atoms with Crippen molar-refractivity contribution < 1.29 is 26.3 Å². The van der Waals surface area contributed by atoms with Crippen LogP contribution in [0.2, 0.25) is 0 Å². The molecule has 2 heterocycles. The zero-order valence-electron chi connectivity index (χ0n) is 34.7. The summed E-state index contributed by atoms with van der Waals surface area (Å²) in [4.78, 5) is 2.80. The van der Waals surface area contributed by atoms with Crippen molar-refractivity contribution in [1.29, 1.82) is 0 Å². The monoisotopic (exact) mass is 878 g/mol. The summed E-state index contributed by atoms with van der Waals surface area (Å²) in [5.41, 5.74) is 6.72. The van der Waals surface area contributed by atoms with E-state index in [2.05, 4.69) is 62.4 Å². The van der Waals surface area contributed by atoms with Gasteiger partial charge in [0.1, 0.15) is 11.5 Å². The minimum absolute atomic E-state index is 0.335. The first-order chi connectivity index (χ1) is 28.6. The Morgan fingerprint density at radius 3 is 1.05 bits per heavy atom. The van der Waals surface area contributed by atoms with E-state index in [1.54, 1.807) is 70.6 Å². The molecule has 0 spiro atoms. The second kappa shape index (κ2) is 17.8. The minimum Gasteiger partial charge on any atom is -0.497 e. The highest BCUT2D eigenvalue weighted by Crippen LogP contribution is 2.51. The Morgan fingerprint density at radius 1 is 0.450 bits per heavy atom. The van der Waals surface area contributed by atoms with Crippen LogP contribution in [0.25, 0.3) is 0 Å². The van der Waals surface area contributed by atoms with E-state index >= 15 is 0 Å². The van der Waals surface area contributed by atoms with Gasteiger partial charge in [-0.3, -0.25) is 0 Å². The molecular weight excluding hydrogens is 829 g/mol. The van der Waals surface area contributed by atoms with E-state index in [0.29, 0.717) is 36.0 Å². The molecule has 8 rings (SSSR count). The molecule has 2 aliphatic heterocycles. The van der Waals surface area contributed by atoms with Gasteiger partial charge in [-0.2, -0.15) is 8.61 Å². The molecule has 312 valence electrons. The zero-order chi connectivity index (χ0) is 42.7. The van der Waals surface area contributed by atoms with Gasteiger partial charge in [-0.05, 0) is 99.5 Å². The molecule has 0 atom stereocenters. The molecule has 0 unspecified atom stereocenters. The number of hydrogen-bond donors (Lipinski definition) is 0. The average Bonchev–Trinajstić information content (AvgIpc) is 3.21. The van der Waals surface area contributed by atoms with E-state index in [9.17, 15) is 16.8 Å². The van der Waals surface area contributed by atoms with Gasteiger partial charge in [0, 0.05) is 36.0 Å². The van der Waals surface area contributed by atoms with E-state index in [1.807, 2.05) is 86.6 Å². The highest BCUT2D eigenvalue weighted by Gasteiger charge is 2.51. The number of benzene rings is 6. The molecule has 12 heteroatoms. The summed E-state index contributed by atoms with van der Waals surface area (Å²) in [5.74, 6) is 1.59. The lowest BCUT2D eigenvalue weighted by Crippen LogP contribution is -2.59. The first-order valence-electron chi connectivity index (χ1n) is 19.6. The highest BCUT2D eigenvalue weighted by molar-refractivity contribution is 8.01. The lowest BCUT2D eigenvalue weighted by atomic mass is 9.92. The zero-order valence-corrected chi connectivity index (χ0v) is 37.9. The summed E-state index contributed by atoms with van der Waals surface area (Å²) < 4.78 is 65.8. The summed E-state index contributed by atoms with van der Waals surface area (Å²) >= 11 is 3.40. The molecular formula is C48H50N2O6S4. The SMILES string of the molecule is COc1cccc(SC2(c3ccc(C)cc3)CN(S(=O)(=O)c3ccc(C)cc3)C2)c1.COc1cccc(SC2(c3ccc(C)cc3)CN(S(=O)(=O)c3ccc(C)cc3)C2)c1. The van der Waals surface area contributed by atoms with Crippen LogP contribution in [0.15, 0.2) is 165 Å². The summed E-state index contributed by atoms with van der Waals surface area (Å²) in [5, 5.41) is 0. The van der Waals surface area contributed by atoms with Crippen LogP contribution in [0.5, 0.6) is 11.5 Å². The van der Waals surface area contributed by atoms with Crippen molar-refractivity contribution in [2.45, 2.75) is 56.8 Å². The summed E-state index contributed by atoms with van der Waals surface area (Å²) in [6.07, 6.45) is 0. The second-order valence-electron chi connectivity index (χ2n) is 15.5. The molecule has 60 heavy (non-hydrogen) atoms. The van der Waals surface area contributed by atoms with Crippen molar-refractivity contribution in [2.24, 2.45) is 0 Å². The van der Waals surface area contributed by atoms with Gasteiger partial charge in [0.05, 0.1) is 33.5 Å². The number of nitrogens with zero attached hydrogens (tertiary/aromatic N) is 2. The normalized spacial score (nSPS) is 16.1. The Bertz CT molecular complexity index is 2450. The maximum Gasteiger partial charge on any atom is 0.243 e. The summed E-state index contributed by atoms with van der Waals surface area (Å²) in [7, 11) is -3.73. The number of methoxy groups -OCH3 is 2. The van der Waals surface area contributed by atoms with Crippen molar-refractivity contribution in [3.63, 3.8) is 0 Å². The van der Waals surface area contributed by atoms with E-state index in [1.165, 1.54) is 11.1 Å². The first-order valence-corrected chi connectivity index (χ1v) is 24.1. The van der Waals surface area contributed by atoms with Crippen molar-refractivity contribution in [3.05, 3.63) is 179 Å². The third-order valence-electron chi connectivity index (χ3n) is 10.9. The Balaban J connectivity index is 0.000000181. The third-order valence-corrected chi connectivity index (χ3v) is 17.3. The van der Waals surface area contributed by atoms with Gasteiger partial charge in [-0.25, -0.2) is 16.8 Å². The van der Waals surface area contributed by atoms with Crippen molar-refractivity contribution in [3.8, 4) is 11.5 Å². The molecule has 0 aromatic heterocycles. The Kier molecular flexibility index (Phi) is 12.9. The van der Waals surface area contributed by atoms with Crippen LogP contribution in [0.4, 0.5) is 0 Å². The van der Waals surface area contributed by atoms with E-state index in [-0.39, 0.29) is 9.49 Å². The van der Waals surface area contributed by atoms with Gasteiger partial charge in [0.25, 0.3) is 0 Å². The molecule has 0 aliphatic carbocycles. The van der Waals surface area contributed by atoms with Crippen LogP contribution in [0.1, 0.15) is 33.4 Å². The van der Waals surface area contributed by atoms with Crippen molar-refractivity contribution >= 4 is 43.6 Å². The predicted molar refractivity (Wildman–Crippen MR) is 243 cm³/mol. The van der Waals surface area contributed by atoms with Crippen molar-refractivity contribution in [2.75, 3.05) is 40.4 Å². The third kappa shape index (κ3) is 9.34. The maximum absolute atomic E-state index is 13.1. The van der Waals surface area contributed by atoms with Crippen LogP contribution in [0.3, 0.4) is 0 Å². The lowest BCUT2D eigenvalue weighted by Gasteiger charge is -2.49. The average molecular weight is 879 g/mol. The molecule has 0 N–H and O–H groups in total. The molecule has 8 nitrogen and oxygen atoms in total. The molecule has 0 saturated carbocycles. The minimum atomic E-state index is -3.52. The van der Waals surface area contributed by atoms with Crippen LogP contribution in [0, 0.1) is 27.7 Å². The van der Waals surface area contributed by atoms with Gasteiger partial charge in [-0.15, -0.1) is 23.5 Å². The predicted octanol–water partition coefficient (Wildman–Crippen LogP) is 10.0. The summed E-state index contributed by atoms with van der Waals surface area (Å²) in [6.45, 7) is 9.71. The molecule has 0 amide bonds. The number of rotatable bonds is 12. The van der Waals surface area contributed by atoms with Gasteiger partial charge in [-0.1, -0.05) is 107 Å². The molecule has 6 aromatic rings. The number of aryl methyl sites for hydroxylation is 4. The molecule has 0 bridgehead atoms. The second-order valence-corrected chi connectivity index (χ2v) is 22.2. The number of ether oxygens (including phenoxy) is 2. The summed E-state index contributed by atoms with van der Waals surface area (Å²) in [6, 6.07) is 46.7. The smallest absolute Gasteiger partial charge is 0.243 e. The van der Waals surface area contributed by atoms with E-state index in [0.717, 1.165) is 43.5 Å². The number of thioether (sulfide) groups is 2. The van der Waals surface area contributed by atoms with Gasteiger partial charge in [0.15, 0.2) is 0 Å². The lowest BCUT2D eigenvalue weighted by molar-refractivity contribution is 0.235. The highest BCUT2D eigenvalue weighted by atomic mass is 32.2. The van der Waals surface area contributed by atoms with E-state index < -0.39 is 20.0 Å². The Morgan fingerprint density at radius 2 is 0.750 bits per heavy atom. The molecule has 2 aliphatic rings. The van der Waals surface area contributed by atoms with Gasteiger partial charge < -0.3 is 9.47 Å². The Labute approximate surface area is 364 Å². The van der Waals surface area contributed by atoms with Crippen molar-refractivity contribution in [1.82, 2.24) is 8.61 Å². The first kappa shape index (κ1) is 43.5. The van der Waals surface area contributed by atoms with Crippen LogP contribution < -0.4 is 9.47 Å². The topological polar surface area (TPSA) is 93.2 Å². The molecule has 6 aromatic carbocycles. The standard InChI is InChI=1S/2C24H25NO3S2/c2*1-18-7-11-20(12-8-18)24(29-22-6-4-5-21(15-22)28-3)16-25(17-24)30(26,27)23-13-9-19(2)10-14-23/h2*4-15H,16-17H2,1-3H3. The molecule has 2 fully saturated rings. The Hall–Kier alpha value is -4.56. The quantitative estimate of drug-likeness (QED) is 0.120. The van der Waals surface area contributed by atoms with E-state index in [4.69, 9.17) is 9.47 Å². The number of sulfonamides is 2. The van der Waals surface area contributed by atoms with Crippen LogP contribution >= 0.6 is 23.5 Å². The van der Waals surface area contributed by atoms with Crippen LogP contribution in [-0.2, 0) is 29.5 Å². The van der Waals surface area contributed by atoms with Crippen LogP contribution in [-0.4, -0.2) is 65.8 Å². The largest absolute Gasteiger partial charge is 0.497 e. The number of hydrogen-bond acceptors (Lipinski definition) is 8. The van der Waals surface area contributed by atoms with Gasteiger partial charge in [0.2, 0.25) is 20.0 Å². The maximum atomic E-state index is 13.1. The molecule has 0 radical (unpaired) electrons. The fourth-order valence-electron chi connectivity index (χ4n) is 7.21. The fraction of sp³-hybridized carbons (Fsp3) is 0.250. The molecule has 2 saturated heterocycles.